The van der Waals surface area contributed by atoms with Crippen molar-refractivity contribution in [2.24, 2.45) is 0 Å². The first-order valence-corrected chi connectivity index (χ1v) is 8.80. The van der Waals surface area contributed by atoms with Gasteiger partial charge in [0.15, 0.2) is 22.6 Å². The van der Waals surface area contributed by atoms with Crippen LogP contribution in [0.2, 0.25) is 5.02 Å². The molecule has 0 saturated heterocycles. The molecule has 130 valence electrons. The summed E-state index contributed by atoms with van der Waals surface area (Å²) in [5, 5.41) is 11.2. The minimum atomic E-state index is -0.653. The second-order valence-corrected chi connectivity index (χ2v) is 6.32. The molecule has 6 nitrogen and oxygen atoms in total. The second kappa shape index (κ2) is 7.71. The largest absolute Gasteiger partial charge is 0.461 e. The Morgan fingerprint density at radius 1 is 1.36 bits per heavy atom. The number of carbonyl (C=O) groups excluding carboxylic acids is 1. The fourth-order valence-electron chi connectivity index (χ4n) is 2.19. The summed E-state index contributed by atoms with van der Waals surface area (Å²) in [5.41, 5.74) is 0.0475. The van der Waals surface area contributed by atoms with E-state index in [1.165, 1.54) is 23.9 Å². The van der Waals surface area contributed by atoms with E-state index in [1.54, 1.807) is 24.5 Å². The van der Waals surface area contributed by atoms with Crippen molar-refractivity contribution < 1.29 is 13.6 Å². The third kappa shape index (κ3) is 3.85. The number of aromatic nitrogens is 3. The molecule has 0 bridgehead atoms. The standard InChI is InChI=1S/C16H14ClFN4O2S/c1-2-22-15(12-7-4-8-24-12)20-21-16(22)25-9-13(23)19-11-6-3-5-10(17)14(11)18/h3-8H,2,9H2,1H3,(H,19,23). The van der Waals surface area contributed by atoms with E-state index in [-0.39, 0.29) is 22.4 Å². The molecule has 0 saturated carbocycles. The first kappa shape index (κ1) is 17.5. The van der Waals surface area contributed by atoms with Crippen LogP contribution < -0.4 is 5.32 Å². The Morgan fingerprint density at radius 2 is 2.20 bits per heavy atom. The monoisotopic (exact) mass is 380 g/mol. The molecule has 2 aromatic heterocycles. The molecule has 0 atom stereocenters. The van der Waals surface area contributed by atoms with E-state index in [4.69, 9.17) is 16.0 Å². The highest BCUT2D eigenvalue weighted by atomic mass is 35.5. The maximum Gasteiger partial charge on any atom is 0.234 e. The van der Waals surface area contributed by atoms with Gasteiger partial charge in [-0.05, 0) is 31.2 Å². The Morgan fingerprint density at radius 3 is 2.92 bits per heavy atom. The van der Waals surface area contributed by atoms with Gasteiger partial charge in [-0.2, -0.15) is 0 Å². The highest BCUT2D eigenvalue weighted by Crippen LogP contribution is 2.25. The zero-order valence-corrected chi connectivity index (χ0v) is 14.8. The van der Waals surface area contributed by atoms with Crippen LogP contribution in [-0.2, 0) is 11.3 Å². The number of hydrogen-bond donors (Lipinski definition) is 1. The first-order valence-electron chi connectivity index (χ1n) is 7.44. The number of rotatable bonds is 6. The average molecular weight is 381 g/mol. The molecule has 0 unspecified atom stereocenters. The van der Waals surface area contributed by atoms with E-state index in [2.05, 4.69) is 15.5 Å². The van der Waals surface area contributed by atoms with Gasteiger partial charge in [0.05, 0.1) is 22.7 Å². The van der Waals surface area contributed by atoms with Crippen molar-refractivity contribution in [3.63, 3.8) is 0 Å². The average Bonchev–Trinajstić information content (AvgIpc) is 3.25. The van der Waals surface area contributed by atoms with Gasteiger partial charge in [-0.25, -0.2) is 4.39 Å². The number of anilines is 1. The molecule has 2 heterocycles. The maximum absolute atomic E-state index is 13.8. The molecule has 0 spiro atoms. The van der Waals surface area contributed by atoms with E-state index in [0.717, 1.165) is 0 Å². The molecule has 9 heteroatoms. The van der Waals surface area contributed by atoms with Gasteiger partial charge in [0, 0.05) is 6.54 Å². The van der Waals surface area contributed by atoms with Crippen LogP contribution in [0.3, 0.4) is 0 Å². The number of benzene rings is 1. The van der Waals surface area contributed by atoms with Crippen molar-refractivity contribution in [1.29, 1.82) is 0 Å². The van der Waals surface area contributed by atoms with Gasteiger partial charge in [-0.3, -0.25) is 9.36 Å². The predicted molar refractivity (Wildman–Crippen MR) is 94.2 cm³/mol. The third-order valence-corrected chi connectivity index (χ3v) is 4.59. The second-order valence-electron chi connectivity index (χ2n) is 4.97. The minimum Gasteiger partial charge on any atom is -0.461 e. The fraction of sp³-hybridized carbons (Fsp3) is 0.188. The lowest BCUT2D eigenvalue weighted by molar-refractivity contribution is -0.113. The van der Waals surface area contributed by atoms with Crippen molar-refractivity contribution in [2.45, 2.75) is 18.6 Å². The number of furan rings is 1. The Balaban J connectivity index is 1.67. The Hall–Kier alpha value is -2.32. The van der Waals surface area contributed by atoms with E-state index in [1.807, 2.05) is 11.5 Å². The molecule has 1 aromatic carbocycles. The molecule has 0 aliphatic rings. The van der Waals surface area contributed by atoms with E-state index < -0.39 is 5.82 Å². The molecular formula is C16H14ClFN4O2S. The quantitative estimate of drug-likeness (QED) is 0.652. The van der Waals surface area contributed by atoms with Crippen molar-refractivity contribution >= 4 is 35.0 Å². The van der Waals surface area contributed by atoms with Gasteiger partial charge >= 0.3 is 0 Å². The van der Waals surface area contributed by atoms with Crippen LogP contribution in [0.1, 0.15) is 6.92 Å². The summed E-state index contributed by atoms with van der Waals surface area (Å²) >= 11 is 6.91. The van der Waals surface area contributed by atoms with Crippen molar-refractivity contribution in [2.75, 3.05) is 11.1 Å². The topological polar surface area (TPSA) is 73.0 Å². The number of nitrogens with one attached hydrogen (secondary N) is 1. The molecule has 25 heavy (non-hydrogen) atoms. The molecule has 0 aliphatic carbocycles. The maximum atomic E-state index is 13.8. The van der Waals surface area contributed by atoms with Crippen molar-refractivity contribution in [3.05, 3.63) is 47.4 Å². The molecule has 1 N–H and O–H groups in total. The van der Waals surface area contributed by atoms with Crippen LogP contribution in [0.25, 0.3) is 11.6 Å². The van der Waals surface area contributed by atoms with Crippen molar-refractivity contribution in [1.82, 2.24) is 14.8 Å². The summed E-state index contributed by atoms with van der Waals surface area (Å²) < 4.78 is 21.0. The summed E-state index contributed by atoms with van der Waals surface area (Å²) in [6.45, 7) is 2.57. The first-order chi connectivity index (χ1) is 12.1. The smallest absolute Gasteiger partial charge is 0.234 e. The summed E-state index contributed by atoms with van der Waals surface area (Å²) in [6, 6.07) is 8.00. The fourth-order valence-corrected chi connectivity index (χ4v) is 3.16. The van der Waals surface area contributed by atoms with E-state index in [9.17, 15) is 9.18 Å². The number of thioether (sulfide) groups is 1. The number of halogens is 2. The van der Waals surface area contributed by atoms with Crippen molar-refractivity contribution in [3.8, 4) is 11.6 Å². The van der Waals surface area contributed by atoms with Gasteiger partial charge in [-0.1, -0.05) is 29.4 Å². The van der Waals surface area contributed by atoms with Gasteiger partial charge in [0.1, 0.15) is 0 Å². The third-order valence-electron chi connectivity index (χ3n) is 3.33. The van der Waals surface area contributed by atoms with Crippen LogP contribution in [0.15, 0.2) is 46.2 Å². The SMILES string of the molecule is CCn1c(SCC(=O)Nc2cccc(Cl)c2F)nnc1-c1ccco1. The van der Waals surface area contributed by atoms with Crippen LogP contribution >= 0.6 is 23.4 Å². The normalized spacial score (nSPS) is 10.8. The lowest BCUT2D eigenvalue weighted by atomic mass is 10.3. The number of hydrogen-bond acceptors (Lipinski definition) is 5. The molecule has 1 amide bonds. The number of nitrogens with zero attached hydrogens (tertiary/aromatic N) is 3. The zero-order chi connectivity index (χ0) is 17.8. The molecule has 3 rings (SSSR count). The van der Waals surface area contributed by atoms with E-state index in [0.29, 0.717) is 23.3 Å². The summed E-state index contributed by atoms with van der Waals surface area (Å²) in [5.74, 6) is 0.237. The van der Waals surface area contributed by atoms with Crippen LogP contribution in [-0.4, -0.2) is 26.4 Å². The molecule has 0 fully saturated rings. The summed E-state index contributed by atoms with van der Waals surface area (Å²) in [7, 11) is 0. The van der Waals surface area contributed by atoms with Gasteiger partial charge in [0.25, 0.3) is 0 Å². The highest BCUT2D eigenvalue weighted by Gasteiger charge is 2.17. The van der Waals surface area contributed by atoms with Gasteiger partial charge < -0.3 is 9.73 Å². The molecule has 0 aliphatic heterocycles. The van der Waals surface area contributed by atoms with Crippen LogP contribution in [0.4, 0.5) is 10.1 Å². The molecule has 3 aromatic rings. The van der Waals surface area contributed by atoms with Gasteiger partial charge in [-0.15, -0.1) is 10.2 Å². The van der Waals surface area contributed by atoms with E-state index >= 15 is 0 Å². The van der Waals surface area contributed by atoms with Gasteiger partial charge in [0.2, 0.25) is 5.91 Å². The Bertz CT molecular complexity index is 882. The highest BCUT2D eigenvalue weighted by molar-refractivity contribution is 7.99. The Labute approximate surface area is 152 Å². The lowest BCUT2D eigenvalue weighted by Gasteiger charge is -2.08. The van der Waals surface area contributed by atoms with Crippen LogP contribution in [0, 0.1) is 5.82 Å². The molecular weight excluding hydrogens is 367 g/mol. The Kier molecular flexibility index (Phi) is 5.40. The summed E-state index contributed by atoms with van der Waals surface area (Å²) in [6.07, 6.45) is 1.56. The lowest BCUT2D eigenvalue weighted by Crippen LogP contribution is -2.15. The zero-order valence-electron chi connectivity index (χ0n) is 13.2. The molecule has 0 radical (unpaired) electrons. The number of amides is 1. The summed E-state index contributed by atoms with van der Waals surface area (Å²) in [4.78, 5) is 12.1. The minimum absolute atomic E-state index is 0.0423. The van der Waals surface area contributed by atoms with Crippen LogP contribution in [0.5, 0.6) is 0 Å². The predicted octanol–water partition coefficient (Wildman–Crippen LogP) is 4.08. The number of carbonyl (C=O) groups is 1.